The zero-order valence-electron chi connectivity index (χ0n) is 16.7. The molecule has 2 N–H and O–H groups in total. The van der Waals surface area contributed by atoms with Crippen LogP contribution in [0.15, 0.2) is 59.6 Å². The highest BCUT2D eigenvalue weighted by Crippen LogP contribution is 2.25. The lowest BCUT2D eigenvalue weighted by Gasteiger charge is -2.21. The van der Waals surface area contributed by atoms with Crippen molar-refractivity contribution in [2.24, 2.45) is 4.99 Å². The van der Waals surface area contributed by atoms with Crippen LogP contribution in [0.2, 0.25) is 0 Å². The molecule has 0 aromatic heterocycles. The number of carbonyl (C=O) groups excluding carboxylic acids is 1. The monoisotopic (exact) mass is 380 g/mol. The van der Waals surface area contributed by atoms with Gasteiger partial charge in [0.25, 0.3) is 0 Å². The fourth-order valence-corrected chi connectivity index (χ4v) is 3.48. The first-order valence-corrected chi connectivity index (χ1v) is 9.58. The molecule has 6 heteroatoms. The van der Waals surface area contributed by atoms with Crippen molar-refractivity contribution < 1.29 is 9.53 Å². The summed E-state index contributed by atoms with van der Waals surface area (Å²) in [6, 6.07) is 17.8. The highest BCUT2D eigenvalue weighted by Gasteiger charge is 2.31. The van der Waals surface area contributed by atoms with E-state index in [9.17, 15) is 4.79 Å². The van der Waals surface area contributed by atoms with Gasteiger partial charge in [-0.2, -0.15) is 0 Å². The molecule has 0 aliphatic carbocycles. The molecule has 1 aliphatic rings. The predicted octanol–water partition coefficient (Wildman–Crippen LogP) is 2.77. The van der Waals surface area contributed by atoms with Crippen LogP contribution in [0.25, 0.3) is 0 Å². The van der Waals surface area contributed by atoms with Gasteiger partial charge >= 0.3 is 0 Å². The van der Waals surface area contributed by atoms with Gasteiger partial charge in [-0.1, -0.05) is 43.3 Å². The first-order valence-electron chi connectivity index (χ1n) is 9.58. The van der Waals surface area contributed by atoms with Gasteiger partial charge in [0.05, 0.1) is 13.2 Å². The standard InChI is InChI=1S/C22H28N4O2/c1-16(19-11-7-8-12-20(19)28-3)14-24-22(23-2)25-17-13-21(27)26(15-17)18-9-5-4-6-10-18/h4-12,16-17H,13-15H2,1-3H3,(H2,23,24,25). The Bertz CT molecular complexity index is 822. The number of rotatable bonds is 6. The van der Waals surface area contributed by atoms with Crippen molar-refractivity contribution in [3.05, 3.63) is 60.2 Å². The normalized spacial score (nSPS) is 18.1. The molecule has 3 rings (SSSR count). The Morgan fingerprint density at radius 1 is 1.21 bits per heavy atom. The molecule has 1 fully saturated rings. The number of nitrogens with one attached hydrogen (secondary N) is 2. The van der Waals surface area contributed by atoms with E-state index in [-0.39, 0.29) is 17.9 Å². The number of aliphatic imine (C=N–C) groups is 1. The summed E-state index contributed by atoms with van der Waals surface area (Å²) >= 11 is 0. The van der Waals surface area contributed by atoms with E-state index in [1.165, 1.54) is 0 Å². The van der Waals surface area contributed by atoms with Crippen molar-refractivity contribution in [2.45, 2.75) is 25.3 Å². The van der Waals surface area contributed by atoms with E-state index in [0.717, 1.165) is 17.0 Å². The summed E-state index contributed by atoms with van der Waals surface area (Å²) in [5.41, 5.74) is 2.09. The predicted molar refractivity (Wildman–Crippen MR) is 113 cm³/mol. The van der Waals surface area contributed by atoms with Gasteiger partial charge in [0.1, 0.15) is 5.75 Å². The van der Waals surface area contributed by atoms with Crippen molar-refractivity contribution in [2.75, 3.05) is 32.1 Å². The number of amides is 1. The Kier molecular flexibility index (Phi) is 6.53. The molecule has 0 bridgehead atoms. The molecule has 1 aliphatic heterocycles. The molecular weight excluding hydrogens is 352 g/mol. The minimum Gasteiger partial charge on any atom is -0.496 e. The number of hydrogen-bond donors (Lipinski definition) is 2. The lowest BCUT2D eigenvalue weighted by Crippen LogP contribution is -2.45. The van der Waals surface area contributed by atoms with E-state index in [4.69, 9.17) is 4.74 Å². The van der Waals surface area contributed by atoms with Crippen LogP contribution < -0.4 is 20.3 Å². The van der Waals surface area contributed by atoms with Crippen molar-refractivity contribution in [1.82, 2.24) is 10.6 Å². The van der Waals surface area contributed by atoms with Crippen LogP contribution in [-0.2, 0) is 4.79 Å². The molecule has 0 spiro atoms. The minimum atomic E-state index is 0.0282. The molecule has 2 aromatic rings. The third-order valence-electron chi connectivity index (χ3n) is 5.00. The second-order valence-corrected chi connectivity index (χ2v) is 6.98. The lowest BCUT2D eigenvalue weighted by atomic mass is 10.0. The molecule has 1 saturated heterocycles. The van der Waals surface area contributed by atoms with Crippen LogP contribution in [0.4, 0.5) is 5.69 Å². The van der Waals surface area contributed by atoms with E-state index in [2.05, 4.69) is 28.6 Å². The zero-order chi connectivity index (χ0) is 19.9. The fraction of sp³-hybridized carbons (Fsp3) is 0.364. The van der Waals surface area contributed by atoms with Gasteiger partial charge < -0.3 is 20.3 Å². The van der Waals surface area contributed by atoms with Crippen LogP contribution in [0.1, 0.15) is 24.8 Å². The van der Waals surface area contributed by atoms with Gasteiger partial charge in [0.15, 0.2) is 5.96 Å². The Morgan fingerprint density at radius 3 is 2.64 bits per heavy atom. The van der Waals surface area contributed by atoms with Gasteiger partial charge in [0, 0.05) is 38.2 Å². The van der Waals surface area contributed by atoms with Gasteiger partial charge in [-0.15, -0.1) is 0 Å². The van der Waals surface area contributed by atoms with Gasteiger partial charge in [0.2, 0.25) is 5.91 Å². The summed E-state index contributed by atoms with van der Waals surface area (Å²) in [6.45, 7) is 3.49. The number of para-hydroxylation sites is 2. The highest BCUT2D eigenvalue weighted by atomic mass is 16.5. The third kappa shape index (κ3) is 4.63. The average Bonchev–Trinajstić information content (AvgIpc) is 3.11. The second-order valence-electron chi connectivity index (χ2n) is 6.98. The largest absolute Gasteiger partial charge is 0.496 e. The average molecular weight is 380 g/mol. The fourth-order valence-electron chi connectivity index (χ4n) is 3.48. The smallest absolute Gasteiger partial charge is 0.229 e. The maximum Gasteiger partial charge on any atom is 0.229 e. The summed E-state index contributed by atoms with van der Waals surface area (Å²) < 4.78 is 5.46. The van der Waals surface area contributed by atoms with E-state index in [1.807, 2.05) is 53.4 Å². The topological polar surface area (TPSA) is 66.0 Å². The summed E-state index contributed by atoms with van der Waals surface area (Å²) in [6.07, 6.45) is 0.456. The maximum atomic E-state index is 12.4. The summed E-state index contributed by atoms with van der Waals surface area (Å²) in [4.78, 5) is 18.5. The first kappa shape index (κ1) is 19.7. The maximum absolute atomic E-state index is 12.4. The Hall–Kier alpha value is -3.02. The number of benzene rings is 2. The van der Waals surface area contributed by atoms with E-state index < -0.39 is 0 Å². The van der Waals surface area contributed by atoms with Gasteiger partial charge in [-0.3, -0.25) is 9.79 Å². The summed E-state index contributed by atoms with van der Waals surface area (Å²) in [5.74, 6) is 1.97. The zero-order valence-corrected chi connectivity index (χ0v) is 16.7. The SMILES string of the molecule is CN=C(NCC(C)c1ccccc1OC)NC1CC(=O)N(c2ccccc2)C1. The number of anilines is 1. The van der Waals surface area contributed by atoms with Crippen LogP contribution in [-0.4, -0.2) is 45.2 Å². The second kappa shape index (κ2) is 9.26. The highest BCUT2D eigenvalue weighted by molar-refractivity contribution is 5.97. The molecule has 1 heterocycles. The van der Waals surface area contributed by atoms with Gasteiger partial charge in [-0.05, 0) is 23.8 Å². The number of nitrogens with zero attached hydrogens (tertiary/aromatic N) is 2. The summed E-state index contributed by atoms with van der Waals surface area (Å²) in [7, 11) is 3.43. The van der Waals surface area contributed by atoms with Crippen molar-refractivity contribution >= 4 is 17.6 Å². The molecule has 0 radical (unpaired) electrons. The molecule has 2 aromatic carbocycles. The lowest BCUT2D eigenvalue weighted by molar-refractivity contribution is -0.117. The number of methoxy groups -OCH3 is 1. The Balaban J connectivity index is 1.56. The van der Waals surface area contributed by atoms with Crippen LogP contribution in [0.5, 0.6) is 5.75 Å². The molecule has 28 heavy (non-hydrogen) atoms. The number of ether oxygens (including phenoxy) is 1. The number of carbonyl (C=O) groups is 1. The quantitative estimate of drug-likeness (QED) is 0.597. The van der Waals surface area contributed by atoms with Crippen molar-refractivity contribution in [1.29, 1.82) is 0 Å². The van der Waals surface area contributed by atoms with Crippen LogP contribution >= 0.6 is 0 Å². The van der Waals surface area contributed by atoms with Crippen LogP contribution in [0.3, 0.4) is 0 Å². The molecule has 0 saturated carbocycles. The molecular formula is C22H28N4O2. The molecule has 6 nitrogen and oxygen atoms in total. The van der Waals surface area contributed by atoms with Crippen molar-refractivity contribution in [3.8, 4) is 5.75 Å². The minimum absolute atomic E-state index is 0.0282. The van der Waals surface area contributed by atoms with E-state index in [1.54, 1.807) is 14.2 Å². The van der Waals surface area contributed by atoms with Crippen molar-refractivity contribution in [3.63, 3.8) is 0 Å². The van der Waals surface area contributed by atoms with E-state index >= 15 is 0 Å². The van der Waals surface area contributed by atoms with Crippen LogP contribution in [0, 0.1) is 0 Å². The molecule has 1 amide bonds. The first-order chi connectivity index (χ1) is 13.6. The molecule has 2 atom stereocenters. The number of guanidine groups is 1. The summed E-state index contributed by atoms with van der Waals surface area (Å²) in [5, 5.41) is 6.75. The number of hydrogen-bond acceptors (Lipinski definition) is 3. The Morgan fingerprint density at radius 2 is 1.93 bits per heavy atom. The van der Waals surface area contributed by atoms with E-state index in [0.29, 0.717) is 25.5 Å². The molecule has 2 unspecified atom stereocenters. The van der Waals surface area contributed by atoms with Gasteiger partial charge in [-0.25, -0.2) is 0 Å². The Labute approximate surface area is 166 Å². The third-order valence-corrected chi connectivity index (χ3v) is 5.00. The molecule has 148 valence electrons.